The van der Waals surface area contributed by atoms with E-state index in [1.165, 1.54) is 0 Å². The summed E-state index contributed by atoms with van der Waals surface area (Å²) in [6, 6.07) is 0. The molecule has 0 saturated heterocycles. The first kappa shape index (κ1) is 19.0. The average molecular weight is 374 g/mol. The highest BCUT2D eigenvalue weighted by molar-refractivity contribution is 9.09. The second-order valence-electron chi connectivity index (χ2n) is 6.54. The molecule has 0 N–H and O–H groups in total. The Balaban J connectivity index is 4.50. The molecule has 0 heterocycles. The molecular weight excluding hydrogens is 344 g/mol. The standard InChI is InChI=1S/C11H29BrO3Si3/c1-16(2,3)14-18(7,15-17(4,5)6)13-11-9-8-10-12/h8-11H2,1-7H3. The largest absolute Gasteiger partial charge is 0.476 e. The molecule has 0 aromatic rings. The van der Waals surface area contributed by atoms with Crippen LogP contribution in [0.15, 0.2) is 0 Å². The van der Waals surface area contributed by atoms with Crippen LogP contribution in [0.5, 0.6) is 0 Å². The van der Waals surface area contributed by atoms with Gasteiger partial charge in [0.05, 0.1) is 0 Å². The van der Waals surface area contributed by atoms with Crippen molar-refractivity contribution < 1.29 is 12.7 Å². The maximum atomic E-state index is 6.24. The molecule has 7 heteroatoms. The van der Waals surface area contributed by atoms with Crippen LogP contribution in [0.3, 0.4) is 0 Å². The summed E-state index contributed by atoms with van der Waals surface area (Å²) in [4.78, 5) is 0. The quantitative estimate of drug-likeness (QED) is 0.339. The van der Waals surface area contributed by atoms with Crippen LogP contribution >= 0.6 is 15.9 Å². The van der Waals surface area contributed by atoms with Gasteiger partial charge in [0.2, 0.25) is 0 Å². The van der Waals surface area contributed by atoms with Crippen LogP contribution in [0.25, 0.3) is 0 Å². The highest BCUT2D eigenvalue weighted by atomic mass is 79.9. The molecular formula is C11H29BrO3Si3. The van der Waals surface area contributed by atoms with Crippen molar-refractivity contribution in [1.82, 2.24) is 0 Å². The molecule has 0 atom stereocenters. The van der Waals surface area contributed by atoms with Crippen LogP contribution in [0.4, 0.5) is 0 Å². The number of hydrogen-bond acceptors (Lipinski definition) is 3. The van der Waals surface area contributed by atoms with Crippen LogP contribution in [-0.4, -0.2) is 37.4 Å². The highest BCUT2D eigenvalue weighted by Gasteiger charge is 2.42. The van der Waals surface area contributed by atoms with Gasteiger partial charge in [-0.25, -0.2) is 0 Å². The Kier molecular flexibility index (Phi) is 8.14. The fraction of sp³-hybridized carbons (Fsp3) is 1.00. The van der Waals surface area contributed by atoms with Crippen molar-refractivity contribution in [3.63, 3.8) is 0 Å². The Bertz CT molecular complexity index is 223. The van der Waals surface area contributed by atoms with Gasteiger partial charge in [0.15, 0.2) is 16.6 Å². The molecule has 0 bridgehead atoms. The van der Waals surface area contributed by atoms with Crippen molar-refractivity contribution in [3.05, 3.63) is 0 Å². The zero-order valence-corrected chi connectivity index (χ0v) is 17.5. The molecule has 0 aromatic heterocycles. The summed E-state index contributed by atoms with van der Waals surface area (Å²) in [7, 11) is -5.73. The molecule has 0 spiro atoms. The molecule has 18 heavy (non-hydrogen) atoms. The van der Waals surface area contributed by atoms with Crippen molar-refractivity contribution in [1.29, 1.82) is 0 Å². The van der Waals surface area contributed by atoms with Gasteiger partial charge in [-0.15, -0.1) is 0 Å². The third-order valence-corrected chi connectivity index (χ3v) is 11.0. The molecule has 0 aliphatic rings. The van der Waals surface area contributed by atoms with Crippen LogP contribution in [-0.2, 0) is 12.7 Å². The minimum absolute atomic E-state index is 0.739. The fourth-order valence-corrected chi connectivity index (χ4v) is 12.5. The molecule has 0 aromatic carbocycles. The number of alkyl halides is 1. The van der Waals surface area contributed by atoms with Crippen LogP contribution in [0, 0.1) is 0 Å². The maximum Gasteiger partial charge on any atom is 0.476 e. The Hall–Kier alpha value is 1.01. The van der Waals surface area contributed by atoms with Gasteiger partial charge in [0.1, 0.15) is 0 Å². The fourth-order valence-electron chi connectivity index (χ4n) is 1.65. The zero-order valence-electron chi connectivity index (χ0n) is 12.9. The van der Waals surface area contributed by atoms with Crippen molar-refractivity contribution >= 4 is 41.4 Å². The molecule has 0 rings (SSSR count). The Morgan fingerprint density at radius 1 is 0.778 bits per heavy atom. The molecule has 0 amide bonds. The lowest BCUT2D eigenvalue weighted by molar-refractivity contribution is 0.165. The first-order valence-electron chi connectivity index (χ1n) is 6.58. The van der Waals surface area contributed by atoms with Crippen LogP contribution in [0.1, 0.15) is 12.8 Å². The monoisotopic (exact) mass is 372 g/mol. The lowest BCUT2D eigenvalue weighted by Crippen LogP contribution is -2.54. The van der Waals surface area contributed by atoms with Gasteiger partial charge in [-0.2, -0.15) is 0 Å². The summed E-state index contributed by atoms with van der Waals surface area (Å²) in [6.45, 7) is 15.9. The normalized spacial score (nSPS) is 14.0. The van der Waals surface area contributed by atoms with Crippen LogP contribution < -0.4 is 0 Å². The topological polar surface area (TPSA) is 27.7 Å². The SMILES string of the molecule is C[Si](C)(C)O[Si](C)(OCCCCBr)O[Si](C)(C)C. The van der Waals surface area contributed by atoms with Gasteiger partial charge in [0.25, 0.3) is 0 Å². The van der Waals surface area contributed by atoms with E-state index in [1.54, 1.807) is 0 Å². The van der Waals surface area contributed by atoms with Gasteiger partial charge >= 0.3 is 8.80 Å². The predicted molar refractivity (Wildman–Crippen MR) is 89.5 cm³/mol. The van der Waals surface area contributed by atoms with Crippen LogP contribution in [0.2, 0.25) is 45.8 Å². The van der Waals surface area contributed by atoms with Gasteiger partial charge in [-0.1, -0.05) is 15.9 Å². The molecule has 0 aliphatic heterocycles. The van der Waals surface area contributed by atoms with Crippen molar-refractivity contribution in [2.24, 2.45) is 0 Å². The summed E-state index contributed by atoms with van der Waals surface area (Å²) in [5.74, 6) is 0. The molecule has 0 radical (unpaired) electrons. The molecule has 0 saturated carbocycles. The van der Waals surface area contributed by atoms with E-state index in [9.17, 15) is 0 Å². The number of unbranched alkanes of at least 4 members (excludes halogenated alkanes) is 1. The van der Waals surface area contributed by atoms with E-state index in [1.807, 2.05) is 0 Å². The lowest BCUT2D eigenvalue weighted by Gasteiger charge is -2.37. The van der Waals surface area contributed by atoms with Gasteiger partial charge in [-0.05, 0) is 52.1 Å². The second kappa shape index (κ2) is 7.70. The first-order chi connectivity index (χ1) is 7.97. The number of rotatable bonds is 9. The third kappa shape index (κ3) is 10.9. The highest BCUT2D eigenvalue weighted by Crippen LogP contribution is 2.22. The summed E-state index contributed by atoms with van der Waals surface area (Å²) < 4.78 is 18.5. The van der Waals surface area contributed by atoms with E-state index in [0.717, 1.165) is 24.8 Å². The molecule has 110 valence electrons. The van der Waals surface area contributed by atoms with Crippen molar-refractivity contribution in [2.75, 3.05) is 11.9 Å². The molecule has 0 unspecified atom stereocenters. The van der Waals surface area contributed by atoms with E-state index in [-0.39, 0.29) is 0 Å². The number of hydrogen-bond donors (Lipinski definition) is 0. The Morgan fingerprint density at radius 3 is 1.56 bits per heavy atom. The van der Waals surface area contributed by atoms with Crippen molar-refractivity contribution in [2.45, 2.75) is 58.7 Å². The van der Waals surface area contributed by atoms with E-state index >= 15 is 0 Å². The minimum atomic E-state index is -2.46. The smallest absolute Gasteiger partial charge is 0.417 e. The Morgan fingerprint density at radius 2 is 1.22 bits per heavy atom. The summed E-state index contributed by atoms with van der Waals surface area (Å²) in [5.41, 5.74) is 0. The summed E-state index contributed by atoms with van der Waals surface area (Å²) >= 11 is 3.43. The van der Waals surface area contributed by atoms with Gasteiger partial charge in [0, 0.05) is 18.5 Å². The summed E-state index contributed by atoms with van der Waals surface area (Å²) in [6.07, 6.45) is 2.18. The molecule has 3 nitrogen and oxygen atoms in total. The lowest BCUT2D eigenvalue weighted by atomic mass is 10.4. The third-order valence-electron chi connectivity index (χ3n) is 1.88. The maximum absolute atomic E-state index is 6.24. The van der Waals surface area contributed by atoms with Crippen molar-refractivity contribution in [3.8, 4) is 0 Å². The Labute approximate surface area is 124 Å². The molecule has 0 aliphatic carbocycles. The zero-order chi connectivity index (χ0) is 14.4. The number of halogens is 1. The van der Waals surface area contributed by atoms with E-state index < -0.39 is 25.4 Å². The van der Waals surface area contributed by atoms with E-state index in [0.29, 0.717) is 0 Å². The average Bonchev–Trinajstić information content (AvgIpc) is 2.05. The van der Waals surface area contributed by atoms with E-state index in [4.69, 9.17) is 12.7 Å². The molecule has 0 fully saturated rings. The first-order valence-corrected chi connectivity index (χ1v) is 16.7. The van der Waals surface area contributed by atoms with Gasteiger partial charge in [-0.3, -0.25) is 0 Å². The second-order valence-corrected chi connectivity index (χ2v) is 19.4. The minimum Gasteiger partial charge on any atom is -0.417 e. The summed E-state index contributed by atoms with van der Waals surface area (Å²) in [5, 5.41) is 1.03. The predicted octanol–water partition coefficient (Wildman–Crippen LogP) is 4.45. The van der Waals surface area contributed by atoms with E-state index in [2.05, 4.69) is 61.8 Å². The van der Waals surface area contributed by atoms with Gasteiger partial charge < -0.3 is 12.7 Å².